The van der Waals surface area contributed by atoms with Gasteiger partial charge in [0.2, 0.25) is 12.1 Å². The van der Waals surface area contributed by atoms with Crippen molar-refractivity contribution < 1.29 is 26.8 Å². The molecule has 0 N–H and O–H groups in total. The number of rotatable bonds is 5. The van der Waals surface area contributed by atoms with E-state index in [-0.39, 0.29) is 22.4 Å². The minimum Gasteiger partial charge on any atom is -0.461 e. The van der Waals surface area contributed by atoms with E-state index in [4.69, 9.17) is 9.25 Å². The van der Waals surface area contributed by atoms with Gasteiger partial charge < -0.3 is 14.2 Å². The lowest BCUT2D eigenvalue weighted by Crippen LogP contribution is -2.31. The Labute approximate surface area is 205 Å². The van der Waals surface area contributed by atoms with Crippen molar-refractivity contribution in [3.05, 3.63) is 112 Å². The molecule has 2 aromatic heterocycles. The lowest BCUT2D eigenvalue weighted by Gasteiger charge is -2.27. The van der Waals surface area contributed by atoms with Crippen LogP contribution in [0.4, 0.5) is 17.6 Å². The summed E-state index contributed by atoms with van der Waals surface area (Å²) >= 11 is 3.11. The fourth-order valence-electron chi connectivity index (χ4n) is 3.93. The van der Waals surface area contributed by atoms with E-state index in [2.05, 4.69) is 26.1 Å². The number of aromatic nitrogens is 1. The first-order valence-corrected chi connectivity index (χ1v) is 11.2. The Morgan fingerprint density at radius 3 is 2.54 bits per heavy atom. The first-order valence-electron chi connectivity index (χ1n) is 10.4. The van der Waals surface area contributed by atoms with Gasteiger partial charge in [0, 0.05) is 28.0 Å². The summed E-state index contributed by atoms with van der Waals surface area (Å²) in [5, 5.41) is 4.12. The molecule has 10 heteroatoms. The van der Waals surface area contributed by atoms with Crippen molar-refractivity contribution in [2.45, 2.75) is 18.9 Å². The highest BCUT2D eigenvalue weighted by Gasteiger charge is 2.39. The second-order valence-corrected chi connectivity index (χ2v) is 8.49. The Balaban J connectivity index is 1.59. The molecule has 0 saturated heterocycles. The average molecular weight is 546 g/mol. The van der Waals surface area contributed by atoms with E-state index >= 15 is 0 Å². The maximum absolute atomic E-state index is 14.6. The molecular weight excluding hydrogens is 530 g/mol. The third kappa shape index (κ3) is 4.41. The standard InChI is InChI=1S/C25H16BrF4N3O2/c26-22-18(6-3-7-19(22)25(28,29)30)24-33(23(32-35-24)21-9-4-12-34-21)14-15-13-31-11-10-16(15)17-5-1-2-8-20(17)27/h1-13,24H,14H2. The number of halogens is 5. The predicted molar refractivity (Wildman–Crippen MR) is 123 cm³/mol. The maximum Gasteiger partial charge on any atom is 0.417 e. The lowest BCUT2D eigenvalue weighted by atomic mass is 10.0. The third-order valence-corrected chi connectivity index (χ3v) is 6.43. The molecule has 0 fully saturated rings. The molecule has 0 amide bonds. The molecule has 4 aromatic rings. The first kappa shape index (κ1) is 23.1. The number of furan rings is 1. The number of hydrogen-bond acceptors (Lipinski definition) is 5. The predicted octanol–water partition coefficient (Wildman–Crippen LogP) is 7.15. The molecule has 0 bridgehead atoms. The van der Waals surface area contributed by atoms with Crippen LogP contribution in [0.15, 0.2) is 93.4 Å². The van der Waals surface area contributed by atoms with Gasteiger partial charge in [-0.25, -0.2) is 4.39 Å². The SMILES string of the molecule is Fc1ccccc1-c1ccncc1CN1C(c2ccco2)=NOC1c1cccc(C(F)(F)F)c1Br. The van der Waals surface area contributed by atoms with Crippen LogP contribution < -0.4 is 0 Å². The van der Waals surface area contributed by atoms with Crippen molar-refractivity contribution in [3.8, 4) is 11.1 Å². The van der Waals surface area contributed by atoms with Crippen molar-refractivity contribution in [1.29, 1.82) is 0 Å². The van der Waals surface area contributed by atoms with Crippen LogP contribution in [0.25, 0.3) is 11.1 Å². The number of alkyl halides is 3. The van der Waals surface area contributed by atoms with Crippen LogP contribution in [0.5, 0.6) is 0 Å². The molecule has 0 aliphatic carbocycles. The minimum atomic E-state index is -4.57. The second-order valence-electron chi connectivity index (χ2n) is 7.70. The number of pyridine rings is 1. The van der Waals surface area contributed by atoms with Crippen LogP contribution in [0.1, 0.15) is 28.7 Å². The van der Waals surface area contributed by atoms with Gasteiger partial charge >= 0.3 is 6.18 Å². The highest BCUT2D eigenvalue weighted by molar-refractivity contribution is 9.10. The van der Waals surface area contributed by atoms with E-state index in [1.54, 1.807) is 53.7 Å². The largest absolute Gasteiger partial charge is 0.461 e. The van der Waals surface area contributed by atoms with Gasteiger partial charge in [-0.15, -0.1) is 0 Å². The molecular formula is C25H16BrF4N3O2. The van der Waals surface area contributed by atoms with Gasteiger partial charge in [-0.3, -0.25) is 4.98 Å². The molecule has 1 atom stereocenters. The molecule has 178 valence electrons. The quantitative estimate of drug-likeness (QED) is 0.250. The van der Waals surface area contributed by atoms with Gasteiger partial charge in [-0.05, 0) is 57.4 Å². The minimum absolute atomic E-state index is 0.102. The zero-order chi connectivity index (χ0) is 24.6. The highest BCUT2D eigenvalue weighted by atomic mass is 79.9. The number of nitrogens with zero attached hydrogens (tertiary/aromatic N) is 3. The van der Waals surface area contributed by atoms with E-state index in [1.165, 1.54) is 24.5 Å². The van der Waals surface area contributed by atoms with E-state index in [1.807, 2.05) is 0 Å². The molecule has 5 nitrogen and oxygen atoms in total. The molecule has 3 heterocycles. The van der Waals surface area contributed by atoms with Crippen molar-refractivity contribution in [1.82, 2.24) is 9.88 Å². The van der Waals surface area contributed by atoms with Crippen molar-refractivity contribution >= 4 is 21.8 Å². The van der Waals surface area contributed by atoms with E-state index in [0.717, 1.165) is 6.07 Å². The smallest absolute Gasteiger partial charge is 0.417 e. The van der Waals surface area contributed by atoms with Crippen molar-refractivity contribution in [3.63, 3.8) is 0 Å². The Bertz CT molecular complexity index is 1390. The number of oxime groups is 1. The fourth-order valence-corrected chi connectivity index (χ4v) is 4.62. The maximum atomic E-state index is 14.6. The highest BCUT2D eigenvalue weighted by Crippen LogP contribution is 2.42. The van der Waals surface area contributed by atoms with Crippen molar-refractivity contribution in [2.24, 2.45) is 5.16 Å². The normalized spacial score (nSPS) is 15.7. The van der Waals surface area contributed by atoms with Gasteiger partial charge in [0.25, 0.3) is 0 Å². The Hall–Kier alpha value is -3.66. The number of benzene rings is 2. The van der Waals surface area contributed by atoms with Crippen LogP contribution in [0, 0.1) is 5.82 Å². The van der Waals surface area contributed by atoms with Crippen molar-refractivity contribution in [2.75, 3.05) is 0 Å². The summed E-state index contributed by atoms with van der Waals surface area (Å²) in [6.07, 6.45) is -0.991. The first-order chi connectivity index (χ1) is 16.8. The summed E-state index contributed by atoms with van der Waals surface area (Å²) < 4.78 is 60.6. The zero-order valence-electron chi connectivity index (χ0n) is 17.8. The zero-order valence-corrected chi connectivity index (χ0v) is 19.4. The fraction of sp³-hybridized carbons (Fsp3) is 0.120. The molecule has 0 radical (unpaired) electrons. The summed E-state index contributed by atoms with van der Waals surface area (Å²) in [5.74, 6) is 0.245. The summed E-state index contributed by atoms with van der Waals surface area (Å²) in [6.45, 7) is 0.102. The number of amidine groups is 1. The summed E-state index contributed by atoms with van der Waals surface area (Å²) in [7, 11) is 0. The lowest BCUT2D eigenvalue weighted by molar-refractivity contribution is -0.138. The molecule has 2 aromatic carbocycles. The van der Waals surface area contributed by atoms with Gasteiger partial charge in [-0.1, -0.05) is 35.5 Å². The summed E-state index contributed by atoms with van der Waals surface area (Å²) in [4.78, 5) is 11.5. The molecule has 1 unspecified atom stereocenters. The van der Waals surface area contributed by atoms with Crippen LogP contribution in [0.3, 0.4) is 0 Å². The molecule has 35 heavy (non-hydrogen) atoms. The van der Waals surface area contributed by atoms with Crippen LogP contribution in [-0.2, 0) is 17.6 Å². The van der Waals surface area contributed by atoms with E-state index in [9.17, 15) is 17.6 Å². The van der Waals surface area contributed by atoms with Crippen LogP contribution in [0.2, 0.25) is 0 Å². The van der Waals surface area contributed by atoms with Gasteiger partial charge in [0.05, 0.1) is 18.4 Å². The molecule has 5 rings (SSSR count). The average Bonchev–Trinajstić information content (AvgIpc) is 3.50. The molecule has 0 saturated carbocycles. The third-order valence-electron chi connectivity index (χ3n) is 5.54. The van der Waals surface area contributed by atoms with E-state index < -0.39 is 23.8 Å². The van der Waals surface area contributed by atoms with Crippen LogP contribution in [-0.4, -0.2) is 15.7 Å². The second kappa shape index (κ2) is 9.18. The van der Waals surface area contributed by atoms with Gasteiger partial charge in [-0.2, -0.15) is 13.2 Å². The van der Waals surface area contributed by atoms with Gasteiger partial charge in [0.1, 0.15) is 5.82 Å². The monoisotopic (exact) mass is 545 g/mol. The Morgan fingerprint density at radius 1 is 0.971 bits per heavy atom. The Morgan fingerprint density at radius 2 is 1.80 bits per heavy atom. The summed E-state index contributed by atoms with van der Waals surface area (Å²) in [5.41, 5.74) is 0.972. The van der Waals surface area contributed by atoms with Gasteiger partial charge in [0.15, 0.2) is 5.76 Å². The molecule has 0 spiro atoms. The molecule has 1 aliphatic rings. The Kier molecular flexibility index (Phi) is 6.06. The topological polar surface area (TPSA) is 50.9 Å². The molecule has 1 aliphatic heterocycles. The number of hydrogen-bond donors (Lipinski definition) is 0. The van der Waals surface area contributed by atoms with E-state index in [0.29, 0.717) is 22.5 Å². The summed E-state index contributed by atoms with van der Waals surface area (Å²) in [6, 6.07) is 15.2. The van der Waals surface area contributed by atoms with Crippen LogP contribution >= 0.6 is 15.9 Å².